The average molecular weight is 273 g/mol. The maximum Gasteiger partial charge on any atom is 0.305 e. The van der Waals surface area contributed by atoms with Crippen LogP contribution in [0.25, 0.3) is 0 Å². The first-order chi connectivity index (χ1) is 8.93. The molecule has 5 nitrogen and oxygen atoms in total. The monoisotopic (exact) mass is 273 g/mol. The van der Waals surface area contributed by atoms with Gasteiger partial charge in [0.2, 0.25) is 0 Å². The van der Waals surface area contributed by atoms with Crippen LogP contribution in [0.5, 0.6) is 0 Å². The molecule has 0 unspecified atom stereocenters. The highest BCUT2D eigenvalue weighted by atomic mass is 16.7. The fraction of sp³-hybridized carbons (Fsp3) is 0.929. The number of carbonyl (C=O) groups excluding carboxylic acids is 1. The molecule has 1 saturated heterocycles. The first kappa shape index (κ1) is 16.4. The molecule has 0 aliphatic carbocycles. The van der Waals surface area contributed by atoms with Gasteiger partial charge in [-0.2, -0.15) is 0 Å². The molecule has 1 aliphatic rings. The molecule has 5 heteroatoms. The maximum atomic E-state index is 11.5. The topological polar surface area (TPSA) is 70.8 Å². The predicted octanol–water partition coefficient (Wildman–Crippen LogP) is 1.98. The second kappa shape index (κ2) is 7.22. The summed E-state index contributed by atoms with van der Waals surface area (Å²) >= 11 is 0. The SMILES string of the molecule is CCCCOC(=O)CCC1(C)OCC(N)(CC)CO1. The summed E-state index contributed by atoms with van der Waals surface area (Å²) in [6, 6.07) is 0. The molecule has 0 atom stereocenters. The van der Waals surface area contributed by atoms with Crippen LogP contribution >= 0.6 is 0 Å². The Labute approximate surface area is 115 Å². The van der Waals surface area contributed by atoms with E-state index >= 15 is 0 Å². The molecule has 112 valence electrons. The highest BCUT2D eigenvalue weighted by Crippen LogP contribution is 2.28. The van der Waals surface area contributed by atoms with E-state index in [0.29, 0.717) is 32.7 Å². The van der Waals surface area contributed by atoms with Crippen molar-refractivity contribution in [1.82, 2.24) is 0 Å². The number of nitrogens with two attached hydrogens (primary N) is 1. The van der Waals surface area contributed by atoms with Gasteiger partial charge in [-0.25, -0.2) is 0 Å². The van der Waals surface area contributed by atoms with E-state index in [1.165, 1.54) is 0 Å². The number of hydrogen-bond donors (Lipinski definition) is 1. The lowest BCUT2D eigenvalue weighted by Crippen LogP contribution is -2.57. The second-order valence-electron chi connectivity index (χ2n) is 5.50. The molecular formula is C14H27NO4. The van der Waals surface area contributed by atoms with Gasteiger partial charge in [0.1, 0.15) is 0 Å². The van der Waals surface area contributed by atoms with Crippen LogP contribution in [0.3, 0.4) is 0 Å². The summed E-state index contributed by atoms with van der Waals surface area (Å²) < 4.78 is 16.5. The van der Waals surface area contributed by atoms with Crippen LogP contribution in [0.4, 0.5) is 0 Å². The van der Waals surface area contributed by atoms with E-state index in [0.717, 1.165) is 19.3 Å². The molecule has 1 aliphatic heterocycles. The largest absolute Gasteiger partial charge is 0.466 e. The first-order valence-electron chi connectivity index (χ1n) is 7.15. The molecule has 0 aromatic rings. The zero-order valence-corrected chi connectivity index (χ0v) is 12.4. The normalized spacial score (nSPS) is 31.2. The van der Waals surface area contributed by atoms with E-state index in [1.54, 1.807) is 0 Å². The Morgan fingerprint density at radius 3 is 2.47 bits per heavy atom. The van der Waals surface area contributed by atoms with Crippen LogP contribution in [0.2, 0.25) is 0 Å². The van der Waals surface area contributed by atoms with Crippen molar-refractivity contribution in [1.29, 1.82) is 0 Å². The van der Waals surface area contributed by atoms with Crippen molar-refractivity contribution in [3.63, 3.8) is 0 Å². The fourth-order valence-corrected chi connectivity index (χ4v) is 1.76. The highest BCUT2D eigenvalue weighted by molar-refractivity contribution is 5.69. The minimum Gasteiger partial charge on any atom is -0.466 e. The average Bonchev–Trinajstić information content (AvgIpc) is 2.41. The molecule has 0 spiro atoms. The third kappa shape index (κ3) is 5.47. The summed E-state index contributed by atoms with van der Waals surface area (Å²) in [6.45, 7) is 7.35. The van der Waals surface area contributed by atoms with Crippen LogP contribution in [0.1, 0.15) is 52.9 Å². The van der Waals surface area contributed by atoms with Gasteiger partial charge in [-0.1, -0.05) is 20.3 Å². The molecule has 0 amide bonds. The summed E-state index contributed by atoms with van der Waals surface area (Å²) in [5.41, 5.74) is 5.67. The van der Waals surface area contributed by atoms with E-state index in [4.69, 9.17) is 19.9 Å². The summed E-state index contributed by atoms with van der Waals surface area (Å²) in [5, 5.41) is 0. The van der Waals surface area contributed by atoms with E-state index in [2.05, 4.69) is 6.92 Å². The number of unbranched alkanes of at least 4 members (excludes halogenated alkanes) is 1. The number of ether oxygens (including phenoxy) is 3. The zero-order chi connectivity index (χ0) is 14.4. The third-order valence-corrected chi connectivity index (χ3v) is 3.58. The van der Waals surface area contributed by atoms with Gasteiger partial charge in [0.15, 0.2) is 5.79 Å². The molecule has 1 rings (SSSR count). The van der Waals surface area contributed by atoms with Crippen molar-refractivity contribution >= 4 is 5.97 Å². The molecule has 1 heterocycles. The van der Waals surface area contributed by atoms with Crippen molar-refractivity contribution in [2.24, 2.45) is 5.73 Å². The minimum atomic E-state index is -0.720. The van der Waals surface area contributed by atoms with Crippen molar-refractivity contribution < 1.29 is 19.0 Å². The highest BCUT2D eigenvalue weighted by Gasteiger charge is 2.39. The molecule has 0 aromatic heterocycles. The van der Waals surface area contributed by atoms with Gasteiger partial charge in [0.25, 0.3) is 0 Å². The van der Waals surface area contributed by atoms with Gasteiger partial charge in [0.05, 0.1) is 31.8 Å². The molecule has 1 fully saturated rings. The first-order valence-corrected chi connectivity index (χ1v) is 7.15. The summed E-state index contributed by atoms with van der Waals surface area (Å²) in [6.07, 6.45) is 3.54. The standard InChI is InChI=1S/C14H27NO4/c1-4-6-9-17-12(16)7-8-13(3)18-10-14(15,5-2)11-19-13/h4-11,15H2,1-3H3. The van der Waals surface area contributed by atoms with Gasteiger partial charge in [-0.05, 0) is 19.8 Å². The van der Waals surface area contributed by atoms with Crippen molar-refractivity contribution in [3.05, 3.63) is 0 Å². The van der Waals surface area contributed by atoms with Crippen LogP contribution < -0.4 is 5.73 Å². The van der Waals surface area contributed by atoms with E-state index in [9.17, 15) is 4.79 Å². The Kier molecular flexibility index (Phi) is 6.23. The Bertz CT molecular complexity index is 285. The number of esters is 1. The van der Waals surface area contributed by atoms with E-state index < -0.39 is 11.3 Å². The van der Waals surface area contributed by atoms with Gasteiger partial charge >= 0.3 is 5.97 Å². The lowest BCUT2D eigenvalue weighted by molar-refractivity contribution is -0.280. The lowest BCUT2D eigenvalue weighted by atomic mass is 9.98. The van der Waals surface area contributed by atoms with Gasteiger partial charge in [-0.15, -0.1) is 0 Å². The number of carbonyl (C=O) groups is 1. The van der Waals surface area contributed by atoms with Crippen LogP contribution in [-0.4, -0.2) is 37.1 Å². The molecule has 19 heavy (non-hydrogen) atoms. The molecule has 0 radical (unpaired) electrons. The molecular weight excluding hydrogens is 246 g/mol. The summed E-state index contributed by atoms with van der Waals surface area (Å²) in [4.78, 5) is 11.5. The van der Waals surface area contributed by atoms with Gasteiger partial charge in [-0.3, -0.25) is 4.79 Å². The number of rotatable bonds is 7. The van der Waals surface area contributed by atoms with Gasteiger partial charge in [0, 0.05) is 6.42 Å². The Morgan fingerprint density at radius 1 is 1.32 bits per heavy atom. The molecule has 0 bridgehead atoms. The Hall–Kier alpha value is -0.650. The Balaban J connectivity index is 2.27. The quantitative estimate of drug-likeness (QED) is 0.567. The predicted molar refractivity (Wildman–Crippen MR) is 72.6 cm³/mol. The number of hydrogen-bond acceptors (Lipinski definition) is 5. The van der Waals surface area contributed by atoms with Crippen LogP contribution in [0.15, 0.2) is 0 Å². The summed E-state index contributed by atoms with van der Waals surface area (Å²) in [5.74, 6) is -0.913. The fourth-order valence-electron chi connectivity index (χ4n) is 1.76. The molecule has 0 saturated carbocycles. The third-order valence-electron chi connectivity index (χ3n) is 3.58. The minimum absolute atomic E-state index is 0.193. The van der Waals surface area contributed by atoms with Crippen LogP contribution in [0, 0.1) is 0 Å². The van der Waals surface area contributed by atoms with E-state index in [-0.39, 0.29) is 5.97 Å². The van der Waals surface area contributed by atoms with Crippen molar-refractivity contribution in [2.45, 2.75) is 64.2 Å². The van der Waals surface area contributed by atoms with Gasteiger partial charge < -0.3 is 19.9 Å². The summed E-state index contributed by atoms with van der Waals surface area (Å²) in [7, 11) is 0. The van der Waals surface area contributed by atoms with Crippen molar-refractivity contribution in [2.75, 3.05) is 19.8 Å². The van der Waals surface area contributed by atoms with Crippen molar-refractivity contribution in [3.8, 4) is 0 Å². The second-order valence-corrected chi connectivity index (χ2v) is 5.50. The van der Waals surface area contributed by atoms with E-state index in [1.807, 2.05) is 13.8 Å². The zero-order valence-electron chi connectivity index (χ0n) is 12.4. The Morgan fingerprint density at radius 2 is 1.95 bits per heavy atom. The van der Waals surface area contributed by atoms with Crippen LogP contribution in [-0.2, 0) is 19.0 Å². The molecule has 0 aromatic carbocycles. The molecule has 2 N–H and O–H groups in total. The maximum absolute atomic E-state index is 11.5. The lowest BCUT2D eigenvalue weighted by Gasteiger charge is -2.42. The smallest absolute Gasteiger partial charge is 0.305 e.